The number of amides is 1. The molecule has 9 nitrogen and oxygen atoms in total. The Morgan fingerprint density at radius 3 is 2.69 bits per heavy atom. The van der Waals surface area contributed by atoms with Crippen molar-refractivity contribution in [2.24, 2.45) is 0 Å². The van der Waals surface area contributed by atoms with Crippen LogP contribution in [-0.2, 0) is 14.8 Å². The fraction of sp³-hybridized carbons (Fsp3) is 0.263. The molecule has 150 valence electrons. The van der Waals surface area contributed by atoms with Gasteiger partial charge in [0.15, 0.2) is 12.4 Å². The summed E-state index contributed by atoms with van der Waals surface area (Å²) in [6, 6.07) is 11.7. The summed E-state index contributed by atoms with van der Waals surface area (Å²) in [5, 5.41) is 11.2. The third-order valence-corrected chi connectivity index (χ3v) is 6.65. The van der Waals surface area contributed by atoms with Gasteiger partial charge in [0, 0.05) is 37.6 Å². The maximum absolute atomic E-state index is 13.4. The number of carbonyl (C=O) groups excluding carboxylic acids is 1. The van der Waals surface area contributed by atoms with Crippen LogP contribution in [0.3, 0.4) is 0 Å². The summed E-state index contributed by atoms with van der Waals surface area (Å²) in [5.74, 6) is 0.712. The molecule has 0 bridgehead atoms. The van der Waals surface area contributed by atoms with E-state index in [1.807, 2.05) is 12.1 Å². The summed E-state index contributed by atoms with van der Waals surface area (Å²) in [5.41, 5.74) is 0.972. The summed E-state index contributed by atoms with van der Waals surface area (Å²) in [6.45, 7) is 3.01. The van der Waals surface area contributed by atoms with Gasteiger partial charge in [0.25, 0.3) is 15.9 Å². The van der Waals surface area contributed by atoms with Gasteiger partial charge in [-0.25, -0.2) is 0 Å². The molecule has 5 rings (SSSR count). The molecule has 3 aromatic rings. The molecule has 2 aliphatic heterocycles. The van der Waals surface area contributed by atoms with Crippen molar-refractivity contribution in [1.29, 1.82) is 0 Å². The van der Waals surface area contributed by atoms with Crippen LogP contribution >= 0.6 is 0 Å². The molecule has 29 heavy (non-hydrogen) atoms. The molecular formula is C19H19N5O4S. The monoisotopic (exact) mass is 413 g/mol. The molecule has 10 heteroatoms. The number of aromatic nitrogens is 2. The Morgan fingerprint density at radius 1 is 1.07 bits per heavy atom. The largest absolute Gasteiger partial charge is 0.482 e. The molecule has 2 aliphatic rings. The predicted molar refractivity (Wildman–Crippen MR) is 108 cm³/mol. The number of nitrogens with one attached hydrogen (secondary N) is 2. The van der Waals surface area contributed by atoms with Gasteiger partial charge in [-0.2, -0.15) is 12.5 Å². The Hall–Kier alpha value is -3.11. The van der Waals surface area contributed by atoms with Crippen molar-refractivity contribution < 1.29 is 17.9 Å². The zero-order valence-corrected chi connectivity index (χ0v) is 16.3. The second-order valence-corrected chi connectivity index (χ2v) is 8.69. The van der Waals surface area contributed by atoms with E-state index >= 15 is 0 Å². The fourth-order valence-electron chi connectivity index (χ4n) is 3.63. The van der Waals surface area contributed by atoms with E-state index in [1.54, 1.807) is 12.1 Å². The van der Waals surface area contributed by atoms with Crippen LogP contribution in [0.1, 0.15) is 0 Å². The van der Waals surface area contributed by atoms with Crippen molar-refractivity contribution in [3.8, 4) is 5.75 Å². The number of anilines is 2. The predicted octanol–water partition coefficient (Wildman–Crippen LogP) is 1.01. The number of hydrogen-bond acceptors (Lipinski definition) is 7. The van der Waals surface area contributed by atoms with Crippen molar-refractivity contribution >= 4 is 38.3 Å². The van der Waals surface area contributed by atoms with E-state index in [-0.39, 0.29) is 17.4 Å². The van der Waals surface area contributed by atoms with Crippen LogP contribution in [0, 0.1) is 0 Å². The van der Waals surface area contributed by atoms with Gasteiger partial charge < -0.3 is 20.3 Å². The van der Waals surface area contributed by atoms with Crippen LogP contribution in [0.4, 0.5) is 11.5 Å². The topological polar surface area (TPSA) is 106 Å². The lowest BCUT2D eigenvalue weighted by Gasteiger charge is -2.27. The molecular weight excluding hydrogens is 394 g/mol. The molecule has 1 fully saturated rings. The average molecular weight is 413 g/mol. The highest BCUT2D eigenvalue weighted by molar-refractivity contribution is 7.90. The second-order valence-electron chi connectivity index (χ2n) is 6.92. The molecule has 0 unspecified atom stereocenters. The van der Waals surface area contributed by atoms with Crippen LogP contribution < -0.4 is 20.3 Å². The molecule has 1 saturated heterocycles. The van der Waals surface area contributed by atoms with E-state index < -0.39 is 10.0 Å². The molecule has 0 saturated carbocycles. The lowest BCUT2D eigenvalue weighted by Crippen LogP contribution is -2.43. The third-order valence-electron chi connectivity index (χ3n) is 5.06. The van der Waals surface area contributed by atoms with Crippen LogP contribution in [0.15, 0.2) is 47.4 Å². The first-order valence-corrected chi connectivity index (χ1v) is 10.7. The van der Waals surface area contributed by atoms with Crippen LogP contribution in [-0.4, -0.2) is 56.3 Å². The van der Waals surface area contributed by atoms with E-state index in [4.69, 9.17) is 4.74 Å². The highest BCUT2D eigenvalue weighted by Crippen LogP contribution is 2.33. The number of nitrogens with zero attached hydrogens (tertiary/aromatic N) is 3. The van der Waals surface area contributed by atoms with Gasteiger partial charge in [-0.3, -0.25) is 4.79 Å². The Kier molecular flexibility index (Phi) is 4.18. The molecule has 1 amide bonds. The smallest absolute Gasteiger partial charge is 0.283 e. The summed E-state index contributed by atoms with van der Waals surface area (Å²) in [4.78, 5) is 13.6. The number of hydrogen-bond donors (Lipinski definition) is 2. The molecule has 0 radical (unpaired) electrons. The Morgan fingerprint density at radius 2 is 1.86 bits per heavy atom. The maximum Gasteiger partial charge on any atom is 0.283 e. The minimum Gasteiger partial charge on any atom is -0.482 e. The van der Waals surface area contributed by atoms with E-state index in [1.165, 1.54) is 18.2 Å². The van der Waals surface area contributed by atoms with Gasteiger partial charge in [-0.05, 0) is 24.3 Å². The number of rotatable bonds is 3. The highest BCUT2D eigenvalue weighted by Gasteiger charge is 2.27. The van der Waals surface area contributed by atoms with Crippen molar-refractivity contribution in [2.75, 3.05) is 43.0 Å². The zero-order chi connectivity index (χ0) is 20.0. The minimum atomic E-state index is -3.96. The van der Waals surface area contributed by atoms with Gasteiger partial charge in [-0.1, -0.05) is 12.1 Å². The molecule has 2 aromatic carbocycles. The first-order chi connectivity index (χ1) is 14.0. The highest BCUT2D eigenvalue weighted by atomic mass is 32.2. The van der Waals surface area contributed by atoms with E-state index in [2.05, 4.69) is 20.6 Å². The standard InChI is InChI=1S/C19H19N5O4S/c25-18-12-28-17-11-13(5-6-15(17)21-18)29(26,27)24-16-4-2-1-3-14(16)19(22-24)23-9-7-20-8-10-23/h1-6,11,20H,7-10,12H2,(H,21,25). The summed E-state index contributed by atoms with van der Waals surface area (Å²) < 4.78 is 33.3. The number of benzene rings is 2. The minimum absolute atomic E-state index is 0.0486. The number of para-hydroxylation sites is 1. The lowest BCUT2D eigenvalue weighted by molar-refractivity contribution is -0.118. The Labute approximate surface area is 167 Å². The van der Waals surface area contributed by atoms with Crippen LogP contribution in [0.5, 0.6) is 5.75 Å². The van der Waals surface area contributed by atoms with Crippen molar-refractivity contribution in [3.63, 3.8) is 0 Å². The Balaban J connectivity index is 1.62. The molecule has 0 spiro atoms. The quantitative estimate of drug-likeness (QED) is 0.660. The van der Waals surface area contributed by atoms with E-state index in [0.717, 1.165) is 35.7 Å². The fourth-order valence-corrected chi connectivity index (χ4v) is 4.93. The van der Waals surface area contributed by atoms with E-state index in [0.29, 0.717) is 22.8 Å². The molecule has 2 N–H and O–H groups in total. The molecule has 0 aliphatic carbocycles. The number of ether oxygens (including phenoxy) is 1. The summed E-state index contributed by atoms with van der Waals surface area (Å²) in [6.07, 6.45) is 0. The zero-order valence-electron chi connectivity index (χ0n) is 15.5. The van der Waals surface area contributed by atoms with Gasteiger partial charge in [-0.15, -0.1) is 5.10 Å². The number of carbonyl (C=O) groups is 1. The first-order valence-electron chi connectivity index (χ1n) is 9.30. The molecule has 0 atom stereocenters. The number of fused-ring (bicyclic) bond motifs is 2. The molecule has 1 aromatic heterocycles. The second kappa shape index (κ2) is 6.75. The van der Waals surface area contributed by atoms with Gasteiger partial charge >= 0.3 is 0 Å². The van der Waals surface area contributed by atoms with Gasteiger partial charge in [0.05, 0.1) is 16.1 Å². The van der Waals surface area contributed by atoms with E-state index in [9.17, 15) is 13.2 Å². The van der Waals surface area contributed by atoms with Crippen molar-refractivity contribution in [2.45, 2.75) is 4.90 Å². The maximum atomic E-state index is 13.4. The van der Waals surface area contributed by atoms with Crippen LogP contribution in [0.25, 0.3) is 10.9 Å². The van der Waals surface area contributed by atoms with Crippen molar-refractivity contribution in [1.82, 2.24) is 14.5 Å². The van der Waals surface area contributed by atoms with Gasteiger partial charge in [0.2, 0.25) is 0 Å². The first kappa shape index (κ1) is 18.0. The Bertz CT molecular complexity index is 1210. The average Bonchev–Trinajstić information content (AvgIpc) is 3.14. The summed E-state index contributed by atoms with van der Waals surface area (Å²) in [7, 11) is -3.96. The molecule has 3 heterocycles. The van der Waals surface area contributed by atoms with Crippen molar-refractivity contribution in [3.05, 3.63) is 42.5 Å². The summed E-state index contributed by atoms with van der Waals surface area (Å²) >= 11 is 0. The SMILES string of the molecule is O=C1COc2cc(S(=O)(=O)n3nc(N4CCNCC4)c4ccccc43)ccc2N1. The normalized spacial score (nSPS) is 17.0. The lowest BCUT2D eigenvalue weighted by atomic mass is 10.2. The van der Waals surface area contributed by atoms with Crippen LogP contribution in [0.2, 0.25) is 0 Å². The number of piperazine rings is 1. The third kappa shape index (κ3) is 3.00. The van der Waals surface area contributed by atoms with Gasteiger partial charge in [0.1, 0.15) is 5.75 Å².